The standard InChI is InChI=1S/C20H19N3O4/c1-3-25-20(24)13-4-6-14(7-5-13)21-10-17-15-8-18-19(27-11-26-18)9-16(15)22-12(2)23-17/h4-9,21H,3,10-11H2,1-2H3. The van der Waals surface area contributed by atoms with Gasteiger partial charge in [-0.3, -0.25) is 0 Å². The van der Waals surface area contributed by atoms with E-state index in [1.165, 1.54) is 0 Å². The molecule has 1 N–H and O–H groups in total. The highest BCUT2D eigenvalue weighted by Crippen LogP contribution is 2.36. The smallest absolute Gasteiger partial charge is 0.338 e. The molecule has 0 radical (unpaired) electrons. The zero-order chi connectivity index (χ0) is 18.8. The summed E-state index contributed by atoms with van der Waals surface area (Å²) in [5.41, 5.74) is 3.10. The van der Waals surface area contributed by atoms with Crippen LogP contribution in [0.25, 0.3) is 10.9 Å². The van der Waals surface area contributed by atoms with Crippen LogP contribution < -0.4 is 14.8 Å². The van der Waals surface area contributed by atoms with Gasteiger partial charge in [0.15, 0.2) is 11.5 Å². The number of fused-ring (bicyclic) bond motifs is 2. The van der Waals surface area contributed by atoms with Gasteiger partial charge in [0.2, 0.25) is 6.79 Å². The minimum absolute atomic E-state index is 0.221. The summed E-state index contributed by atoms with van der Waals surface area (Å²) in [6, 6.07) is 11.0. The fourth-order valence-corrected chi connectivity index (χ4v) is 2.97. The first-order valence-corrected chi connectivity index (χ1v) is 8.72. The predicted molar refractivity (Wildman–Crippen MR) is 100 cm³/mol. The van der Waals surface area contributed by atoms with Gasteiger partial charge in [-0.1, -0.05) is 0 Å². The Morgan fingerprint density at radius 1 is 1.15 bits per heavy atom. The van der Waals surface area contributed by atoms with Gasteiger partial charge in [0.1, 0.15) is 5.82 Å². The van der Waals surface area contributed by atoms with E-state index >= 15 is 0 Å². The van der Waals surface area contributed by atoms with E-state index in [9.17, 15) is 4.79 Å². The maximum atomic E-state index is 11.7. The third kappa shape index (κ3) is 3.48. The second-order valence-electron chi connectivity index (χ2n) is 6.09. The van der Waals surface area contributed by atoms with Gasteiger partial charge < -0.3 is 19.5 Å². The molecule has 0 saturated heterocycles. The van der Waals surface area contributed by atoms with Crippen molar-refractivity contribution in [1.29, 1.82) is 0 Å². The van der Waals surface area contributed by atoms with Crippen molar-refractivity contribution in [3.8, 4) is 11.5 Å². The largest absolute Gasteiger partial charge is 0.462 e. The summed E-state index contributed by atoms with van der Waals surface area (Å²) in [4.78, 5) is 20.8. The summed E-state index contributed by atoms with van der Waals surface area (Å²) >= 11 is 0. The fourth-order valence-electron chi connectivity index (χ4n) is 2.97. The molecule has 7 heteroatoms. The van der Waals surface area contributed by atoms with E-state index in [1.807, 2.05) is 31.2 Å². The number of carbonyl (C=O) groups is 1. The summed E-state index contributed by atoms with van der Waals surface area (Å²) in [6.07, 6.45) is 0. The van der Waals surface area contributed by atoms with Crippen LogP contribution in [0.1, 0.15) is 28.8 Å². The summed E-state index contributed by atoms with van der Waals surface area (Å²) < 4.78 is 15.9. The number of nitrogens with zero attached hydrogens (tertiary/aromatic N) is 2. The van der Waals surface area contributed by atoms with Gasteiger partial charge in [0.05, 0.1) is 29.9 Å². The topological polar surface area (TPSA) is 82.6 Å². The molecule has 0 spiro atoms. The van der Waals surface area contributed by atoms with Crippen LogP contribution in [0.2, 0.25) is 0 Å². The van der Waals surface area contributed by atoms with Crippen molar-refractivity contribution in [3.05, 3.63) is 53.5 Å². The molecular weight excluding hydrogens is 346 g/mol. The van der Waals surface area contributed by atoms with Crippen LogP contribution in [-0.2, 0) is 11.3 Å². The Morgan fingerprint density at radius 3 is 2.63 bits per heavy atom. The maximum Gasteiger partial charge on any atom is 0.338 e. The second kappa shape index (κ2) is 7.11. The molecule has 138 valence electrons. The van der Waals surface area contributed by atoms with Gasteiger partial charge in [-0.2, -0.15) is 0 Å². The van der Waals surface area contributed by atoms with Gasteiger partial charge >= 0.3 is 5.97 Å². The number of nitrogens with one attached hydrogen (secondary N) is 1. The molecule has 0 unspecified atom stereocenters. The molecule has 7 nitrogen and oxygen atoms in total. The van der Waals surface area contributed by atoms with E-state index in [4.69, 9.17) is 14.2 Å². The number of aromatic nitrogens is 2. The Kier molecular flexibility index (Phi) is 4.50. The first kappa shape index (κ1) is 17.1. The Bertz CT molecular complexity index is 1000. The van der Waals surface area contributed by atoms with Crippen LogP contribution >= 0.6 is 0 Å². The van der Waals surface area contributed by atoms with E-state index in [0.717, 1.165) is 22.3 Å². The lowest BCUT2D eigenvalue weighted by Crippen LogP contribution is -2.06. The number of hydrogen-bond acceptors (Lipinski definition) is 7. The molecule has 1 aliphatic heterocycles. The van der Waals surface area contributed by atoms with Crippen LogP contribution in [0.4, 0.5) is 5.69 Å². The molecule has 4 rings (SSSR count). The van der Waals surface area contributed by atoms with Gasteiger partial charge in [-0.15, -0.1) is 0 Å². The molecule has 0 bridgehead atoms. The van der Waals surface area contributed by atoms with Crippen molar-refractivity contribution in [1.82, 2.24) is 9.97 Å². The molecule has 3 aromatic rings. The van der Waals surface area contributed by atoms with Gasteiger partial charge in [-0.25, -0.2) is 14.8 Å². The molecule has 2 aromatic carbocycles. The number of hydrogen-bond donors (Lipinski definition) is 1. The number of anilines is 1. The minimum Gasteiger partial charge on any atom is -0.462 e. The molecular formula is C20H19N3O4. The lowest BCUT2D eigenvalue weighted by Gasteiger charge is -2.11. The van der Waals surface area contributed by atoms with Gasteiger partial charge in [0.25, 0.3) is 0 Å². The molecule has 27 heavy (non-hydrogen) atoms. The van der Waals surface area contributed by atoms with Crippen molar-refractivity contribution in [3.63, 3.8) is 0 Å². The summed E-state index contributed by atoms with van der Waals surface area (Å²) in [7, 11) is 0. The summed E-state index contributed by atoms with van der Waals surface area (Å²) in [6.45, 7) is 4.74. The van der Waals surface area contributed by atoms with Crippen LogP contribution in [-0.4, -0.2) is 29.3 Å². The Morgan fingerprint density at radius 2 is 1.89 bits per heavy atom. The Hall–Kier alpha value is -3.35. The minimum atomic E-state index is -0.322. The molecule has 1 aromatic heterocycles. The first-order valence-electron chi connectivity index (χ1n) is 8.72. The number of aryl methyl sites for hydroxylation is 1. The number of ether oxygens (including phenoxy) is 3. The highest BCUT2D eigenvalue weighted by molar-refractivity contribution is 5.90. The molecule has 2 heterocycles. The highest BCUT2D eigenvalue weighted by atomic mass is 16.7. The van der Waals surface area contributed by atoms with E-state index in [-0.39, 0.29) is 12.8 Å². The predicted octanol–water partition coefficient (Wildman–Crippen LogP) is 3.46. The number of rotatable bonds is 5. The zero-order valence-electron chi connectivity index (χ0n) is 15.1. The quantitative estimate of drug-likeness (QED) is 0.693. The third-order valence-corrected chi connectivity index (χ3v) is 4.24. The molecule has 0 fully saturated rings. The van der Waals surface area contributed by atoms with E-state index in [0.29, 0.717) is 36.0 Å². The average Bonchev–Trinajstić information content (AvgIpc) is 3.12. The first-order chi connectivity index (χ1) is 13.1. The van der Waals surface area contributed by atoms with Crippen molar-refractivity contribution >= 4 is 22.6 Å². The van der Waals surface area contributed by atoms with Crippen LogP contribution in [0.5, 0.6) is 11.5 Å². The molecule has 0 amide bonds. The van der Waals surface area contributed by atoms with Gasteiger partial charge in [0, 0.05) is 17.1 Å². The average molecular weight is 365 g/mol. The monoisotopic (exact) mass is 365 g/mol. The lowest BCUT2D eigenvalue weighted by atomic mass is 10.1. The van der Waals surface area contributed by atoms with Crippen LogP contribution in [0.3, 0.4) is 0 Å². The van der Waals surface area contributed by atoms with Gasteiger partial charge in [-0.05, 0) is 44.2 Å². The van der Waals surface area contributed by atoms with Crippen LogP contribution in [0, 0.1) is 6.92 Å². The maximum absolute atomic E-state index is 11.7. The number of esters is 1. The van der Waals surface area contributed by atoms with Crippen LogP contribution in [0.15, 0.2) is 36.4 Å². The Balaban J connectivity index is 1.56. The SMILES string of the molecule is CCOC(=O)c1ccc(NCc2nc(C)nc3cc4c(cc23)OCO4)cc1. The van der Waals surface area contributed by atoms with E-state index < -0.39 is 0 Å². The van der Waals surface area contributed by atoms with Crippen molar-refractivity contribution in [2.24, 2.45) is 0 Å². The van der Waals surface area contributed by atoms with Crippen molar-refractivity contribution < 1.29 is 19.0 Å². The fraction of sp³-hybridized carbons (Fsp3) is 0.250. The molecule has 0 saturated carbocycles. The highest BCUT2D eigenvalue weighted by Gasteiger charge is 2.17. The molecule has 0 atom stereocenters. The number of carbonyl (C=O) groups excluding carboxylic acids is 1. The van der Waals surface area contributed by atoms with E-state index in [2.05, 4.69) is 15.3 Å². The molecule has 0 aliphatic carbocycles. The van der Waals surface area contributed by atoms with Crippen molar-refractivity contribution in [2.75, 3.05) is 18.7 Å². The second-order valence-corrected chi connectivity index (χ2v) is 6.09. The Labute approximate surface area is 156 Å². The number of benzene rings is 2. The van der Waals surface area contributed by atoms with Crippen molar-refractivity contribution in [2.45, 2.75) is 20.4 Å². The third-order valence-electron chi connectivity index (χ3n) is 4.24. The van der Waals surface area contributed by atoms with E-state index in [1.54, 1.807) is 19.1 Å². The summed E-state index contributed by atoms with van der Waals surface area (Å²) in [5, 5.41) is 4.25. The summed E-state index contributed by atoms with van der Waals surface area (Å²) in [5.74, 6) is 1.78. The lowest BCUT2D eigenvalue weighted by molar-refractivity contribution is 0.0526. The normalized spacial score (nSPS) is 12.2. The molecule has 1 aliphatic rings. The zero-order valence-corrected chi connectivity index (χ0v) is 15.1.